The minimum Gasteiger partial charge on any atom is -0.356 e. The largest absolute Gasteiger partial charge is 0.356 e. The van der Waals surface area contributed by atoms with Crippen LogP contribution in [-0.2, 0) is 10.0 Å². The smallest absolute Gasteiger partial charge is 0.285 e. The zero-order chi connectivity index (χ0) is 15.9. The Morgan fingerprint density at radius 1 is 1.23 bits per heavy atom. The molecule has 0 aromatic heterocycles. The molecule has 5 nitrogen and oxygen atoms in total. The number of hydrogen-bond donors (Lipinski definition) is 1. The third-order valence-electron chi connectivity index (χ3n) is 4.09. The molecule has 7 heteroatoms. The van der Waals surface area contributed by atoms with Gasteiger partial charge in [0.05, 0.1) is 0 Å². The van der Waals surface area contributed by atoms with E-state index < -0.39 is 10.0 Å². The van der Waals surface area contributed by atoms with Crippen LogP contribution in [0.15, 0.2) is 34.2 Å². The van der Waals surface area contributed by atoms with Crippen LogP contribution in [0.4, 0.5) is 0 Å². The van der Waals surface area contributed by atoms with Crippen LogP contribution in [0, 0.1) is 0 Å². The van der Waals surface area contributed by atoms with E-state index in [1.165, 1.54) is 0 Å². The molecule has 2 heterocycles. The van der Waals surface area contributed by atoms with Gasteiger partial charge >= 0.3 is 0 Å². The monoisotopic (exact) mass is 339 g/mol. The number of sulfonamides is 1. The Morgan fingerprint density at radius 2 is 1.82 bits per heavy atom. The summed E-state index contributed by atoms with van der Waals surface area (Å²) in [5.41, 5.74) is 7.22. The van der Waals surface area contributed by atoms with Crippen LogP contribution in [0.1, 0.15) is 25.3 Å². The van der Waals surface area contributed by atoms with Gasteiger partial charge in [-0.2, -0.15) is 8.42 Å². The number of halogens is 1. The van der Waals surface area contributed by atoms with Gasteiger partial charge in [-0.05, 0) is 37.5 Å². The van der Waals surface area contributed by atoms with Crippen LogP contribution >= 0.6 is 11.6 Å². The Kier molecular flexibility index (Phi) is 4.01. The number of benzene rings is 1. The van der Waals surface area contributed by atoms with E-state index in [0.717, 1.165) is 25.9 Å². The van der Waals surface area contributed by atoms with E-state index in [4.69, 9.17) is 17.3 Å². The number of piperidine rings is 1. The minimum absolute atomic E-state index is 0.190. The van der Waals surface area contributed by atoms with Crippen molar-refractivity contribution in [1.82, 2.24) is 4.90 Å². The second kappa shape index (κ2) is 5.68. The van der Waals surface area contributed by atoms with Crippen molar-refractivity contribution in [1.29, 1.82) is 0 Å². The molecule has 3 rings (SSSR count). The summed E-state index contributed by atoms with van der Waals surface area (Å²) in [6.07, 6.45) is 1.70. The maximum absolute atomic E-state index is 12.4. The van der Waals surface area contributed by atoms with Crippen molar-refractivity contribution in [3.8, 4) is 0 Å². The first-order chi connectivity index (χ1) is 10.4. The molecule has 0 atom stereocenters. The summed E-state index contributed by atoms with van der Waals surface area (Å²) >= 11 is 5.88. The van der Waals surface area contributed by atoms with Gasteiger partial charge in [0.1, 0.15) is 10.7 Å². The molecule has 1 aromatic rings. The molecule has 0 saturated carbocycles. The molecule has 1 saturated heterocycles. The van der Waals surface area contributed by atoms with Crippen molar-refractivity contribution < 1.29 is 8.42 Å². The van der Waals surface area contributed by atoms with Gasteiger partial charge in [0.15, 0.2) is 0 Å². The molecular formula is C15H18ClN3O2S. The first-order valence-electron chi connectivity index (χ1n) is 7.21. The second-order valence-corrected chi connectivity index (χ2v) is 7.65. The molecule has 1 fully saturated rings. The van der Waals surface area contributed by atoms with E-state index >= 15 is 0 Å². The number of rotatable bonds is 1. The van der Waals surface area contributed by atoms with Crippen molar-refractivity contribution in [2.75, 3.05) is 13.1 Å². The number of nitrogens with two attached hydrogens (primary N) is 1. The zero-order valence-electron chi connectivity index (χ0n) is 12.3. The summed E-state index contributed by atoms with van der Waals surface area (Å²) < 4.78 is 28.9. The molecule has 1 aromatic carbocycles. The fourth-order valence-electron chi connectivity index (χ4n) is 2.90. The lowest BCUT2D eigenvalue weighted by Crippen LogP contribution is -2.42. The van der Waals surface area contributed by atoms with Crippen molar-refractivity contribution in [3.05, 3.63) is 40.4 Å². The Labute approximate surface area is 135 Å². The van der Waals surface area contributed by atoms with E-state index in [0.29, 0.717) is 22.0 Å². The van der Waals surface area contributed by atoms with Crippen LogP contribution in [0.2, 0.25) is 5.02 Å². The van der Waals surface area contributed by atoms with Gasteiger partial charge in [0.25, 0.3) is 10.0 Å². The standard InChI is InChI=1S/C15H18ClN3O2S/c1-10-14(11-2-4-12(16)5-3-11)22(20,21)18-15(10)19-8-6-13(17)7-9-19/h2-5,13H,6-9,17H2,1H3. The van der Waals surface area contributed by atoms with Gasteiger partial charge in [-0.1, -0.05) is 23.7 Å². The van der Waals surface area contributed by atoms with Crippen LogP contribution in [0.3, 0.4) is 0 Å². The first kappa shape index (κ1) is 15.5. The molecule has 2 N–H and O–H groups in total. The highest BCUT2D eigenvalue weighted by Crippen LogP contribution is 2.34. The molecule has 0 unspecified atom stereocenters. The highest BCUT2D eigenvalue weighted by molar-refractivity contribution is 8.00. The molecule has 0 radical (unpaired) electrons. The highest BCUT2D eigenvalue weighted by atomic mass is 35.5. The van der Waals surface area contributed by atoms with Gasteiger partial charge < -0.3 is 10.6 Å². The Morgan fingerprint density at radius 3 is 2.41 bits per heavy atom. The maximum Gasteiger partial charge on any atom is 0.285 e. The van der Waals surface area contributed by atoms with E-state index in [1.807, 2.05) is 11.8 Å². The summed E-state index contributed by atoms with van der Waals surface area (Å²) in [6, 6.07) is 6.98. The molecule has 0 amide bonds. The normalized spacial score (nSPS) is 22.1. The average molecular weight is 340 g/mol. The van der Waals surface area contributed by atoms with Gasteiger partial charge in [-0.3, -0.25) is 0 Å². The predicted octanol–water partition coefficient (Wildman–Crippen LogP) is 2.24. The van der Waals surface area contributed by atoms with E-state index in [1.54, 1.807) is 24.3 Å². The maximum atomic E-state index is 12.4. The summed E-state index contributed by atoms with van der Waals surface area (Å²) in [5.74, 6) is 0.553. The number of amidine groups is 1. The number of likely N-dealkylation sites (tertiary alicyclic amines) is 1. The third-order valence-corrected chi connectivity index (χ3v) is 5.81. The molecule has 0 spiro atoms. The van der Waals surface area contributed by atoms with Crippen LogP contribution in [0.25, 0.3) is 4.91 Å². The number of nitrogens with zero attached hydrogens (tertiary/aromatic N) is 2. The van der Waals surface area contributed by atoms with Crippen molar-refractivity contribution in [2.45, 2.75) is 25.8 Å². The van der Waals surface area contributed by atoms with Gasteiger partial charge in [-0.25, -0.2) is 0 Å². The zero-order valence-corrected chi connectivity index (χ0v) is 13.9. The Hall–Kier alpha value is -1.37. The minimum atomic E-state index is -3.66. The van der Waals surface area contributed by atoms with Crippen molar-refractivity contribution in [2.24, 2.45) is 10.1 Å². The molecule has 2 aliphatic rings. The Balaban J connectivity index is 1.99. The molecule has 0 aliphatic carbocycles. The summed E-state index contributed by atoms with van der Waals surface area (Å²) in [6.45, 7) is 3.28. The van der Waals surface area contributed by atoms with Gasteiger partial charge in [-0.15, -0.1) is 4.40 Å². The second-order valence-electron chi connectivity index (χ2n) is 5.68. The lowest BCUT2D eigenvalue weighted by Gasteiger charge is -2.31. The van der Waals surface area contributed by atoms with E-state index in [9.17, 15) is 8.42 Å². The van der Waals surface area contributed by atoms with Crippen LogP contribution < -0.4 is 5.73 Å². The topological polar surface area (TPSA) is 75.8 Å². The lowest BCUT2D eigenvalue weighted by molar-refractivity contribution is 0.314. The number of hydrogen-bond acceptors (Lipinski definition) is 4. The molecule has 118 valence electrons. The van der Waals surface area contributed by atoms with E-state index in [2.05, 4.69) is 4.40 Å². The first-order valence-corrected chi connectivity index (χ1v) is 9.03. The predicted molar refractivity (Wildman–Crippen MR) is 89.2 cm³/mol. The summed E-state index contributed by atoms with van der Waals surface area (Å²) in [7, 11) is -3.66. The van der Waals surface area contributed by atoms with Crippen LogP contribution in [0.5, 0.6) is 0 Å². The van der Waals surface area contributed by atoms with Crippen molar-refractivity contribution in [3.63, 3.8) is 0 Å². The van der Waals surface area contributed by atoms with Crippen molar-refractivity contribution >= 4 is 32.4 Å². The lowest BCUT2D eigenvalue weighted by atomic mass is 10.0. The van der Waals surface area contributed by atoms with E-state index in [-0.39, 0.29) is 10.9 Å². The molecule has 0 bridgehead atoms. The summed E-state index contributed by atoms with van der Waals surface area (Å²) in [5, 5.41) is 0.573. The quantitative estimate of drug-likeness (QED) is 0.851. The van der Waals surface area contributed by atoms with Gasteiger partial charge in [0, 0.05) is 29.7 Å². The molecule has 2 aliphatic heterocycles. The SMILES string of the molecule is CC1=C(c2ccc(Cl)cc2)S(=O)(=O)N=C1N1CCC(N)CC1. The highest BCUT2D eigenvalue weighted by Gasteiger charge is 2.34. The summed E-state index contributed by atoms with van der Waals surface area (Å²) in [4.78, 5) is 2.29. The van der Waals surface area contributed by atoms with Gasteiger partial charge in [0.2, 0.25) is 0 Å². The van der Waals surface area contributed by atoms with Crippen LogP contribution in [-0.4, -0.2) is 38.3 Å². The third kappa shape index (κ3) is 2.78. The fraction of sp³-hybridized carbons (Fsp3) is 0.400. The average Bonchev–Trinajstić information content (AvgIpc) is 2.71. The fourth-order valence-corrected chi connectivity index (χ4v) is 4.51. The molecular weight excluding hydrogens is 322 g/mol. The molecule has 22 heavy (non-hydrogen) atoms. The Bertz CT molecular complexity index is 745.